The second kappa shape index (κ2) is 7.41. The van der Waals surface area contributed by atoms with E-state index >= 15 is 0 Å². The van der Waals surface area contributed by atoms with Gasteiger partial charge in [-0.25, -0.2) is 4.99 Å². The molecule has 4 rings (SSSR count). The molecule has 2 heterocycles. The quantitative estimate of drug-likeness (QED) is 0.625. The van der Waals surface area contributed by atoms with Crippen LogP contribution in [0.3, 0.4) is 0 Å². The summed E-state index contributed by atoms with van der Waals surface area (Å²) in [6.45, 7) is 8.01. The molecule has 0 bridgehead atoms. The third-order valence-corrected chi connectivity index (χ3v) is 6.90. The van der Waals surface area contributed by atoms with Crippen LogP contribution in [0.25, 0.3) is 0 Å². The molecule has 3 atom stereocenters. The molecule has 3 aliphatic rings. The van der Waals surface area contributed by atoms with Gasteiger partial charge in [-0.3, -0.25) is 0 Å². The molecule has 150 valence electrons. The molecule has 0 amide bonds. The Bertz CT molecular complexity index is 691. The number of aromatic nitrogens is 3. The Kier molecular flexibility index (Phi) is 5.14. The van der Waals surface area contributed by atoms with Crippen LogP contribution in [0, 0.1) is 18.3 Å². The van der Waals surface area contributed by atoms with Crippen molar-refractivity contribution in [2.75, 3.05) is 6.61 Å². The zero-order valence-electron chi connectivity index (χ0n) is 17.2. The summed E-state index contributed by atoms with van der Waals surface area (Å²) in [6.07, 6.45) is 7.95. The highest BCUT2D eigenvalue weighted by Gasteiger charge is 2.59. The first kappa shape index (κ1) is 18.7. The Morgan fingerprint density at radius 1 is 1.19 bits per heavy atom. The van der Waals surface area contributed by atoms with E-state index in [2.05, 4.69) is 34.7 Å². The fourth-order valence-corrected chi connectivity index (χ4v) is 5.08. The summed E-state index contributed by atoms with van der Waals surface area (Å²) in [4.78, 5) is 4.89. The summed E-state index contributed by atoms with van der Waals surface area (Å²) in [5.74, 6) is 3.33. The van der Waals surface area contributed by atoms with Crippen LogP contribution in [0.15, 0.2) is 4.99 Å². The SMILES string of the molecule is Cc1nnc(CN=C(NC2CCCCC2)NC2C3CCOC3C2(C)C)n1C. The number of nitrogens with zero attached hydrogens (tertiary/aromatic N) is 4. The number of aliphatic imine (C=N–C) groups is 1. The van der Waals surface area contributed by atoms with E-state index in [-0.39, 0.29) is 5.41 Å². The third-order valence-electron chi connectivity index (χ3n) is 6.90. The topological polar surface area (TPSA) is 76.4 Å². The van der Waals surface area contributed by atoms with Gasteiger partial charge in [-0.15, -0.1) is 10.2 Å². The van der Waals surface area contributed by atoms with Gasteiger partial charge in [0.15, 0.2) is 11.8 Å². The minimum atomic E-state index is 0.136. The Morgan fingerprint density at radius 3 is 2.67 bits per heavy atom. The number of hydrogen-bond donors (Lipinski definition) is 2. The Labute approximate surface area is 162 Å². The number of guanidine groups is 1. The van der Waals surface area contributed by atoms with E-state index in [0.29, 0.717) is 30.7 Å². The molecule has 7 nitrogen and oxygen atoms in total. The van der Waals surface area contributed by atoms with Crippen molar-refractivity contribution in [1.29, 1.82) is 0 Å². The van der Waals surface area contributed by atoms with Crippen molar-refractivity contribution < 1.29 is 4.74 Å². The molecule has 2 aliphatic carbocycles. The monoisotopic (exact) mass is 374 g/mol. The molecule has 1 aromatic heterocycles. The van der Waals surface area contributed by atoms with Gasteiger partial charge in [0.25, 0.3) is 0 Å². The molecule has 1 aliphatic heterocycles. The van der Waals surface area contributed by atoms with E-state index in [9.17, 15) is 0 Å². The van der Waals surface area contributed by atoms with Crippen LogP contribution in [0.2, 0.25) is 0 Å². The van der Waals surface area contributed by atoms with E-state index in [1.807, 2.05) is 18.5 Å². The Hall–Kier alpha value is -1.63. The third kappa shape index (κ3) is 3.58. The van der Waals surface area contributed by atoms with Crippen molar-refractivity contribution in [3.05, 3.63) is 11.6 Å². The van der Waals surface area contributed by atoms with Crippen molar-refractivity contribution in [2.45, 2.75) is 84.0 Å². The number of hydrogen-bond acceptors (Lipinski definition) is 4. The fraction of sp³-hybridized carbons (Fsp3) is 0.850. The van der Waals surface area contributed by atoms with Gasteiger partial charge in [0.2, 0.25) is 0 Å². The van der Waals surface area contributed by atoms with E-state index in [1.165, 1.54) is 32.1 Å². The van der Waals surface area contributed by atoms with Crippen LogP contribution >= 0.6 is 0 Å². The van der Waals surface area contributed by atoms with Crippen LogP contribution in [0.1, 0.15) is 64.0 Å². The molecule has 2 saturated carbocycles. The lowest BCUT2D eigenvalue weighted by atomic mass is 9.57. The maximum atomic E-state index is 5.95. The van der Waals surface area contributed by atoms with Crippen molar-refractivity contribution in [1.82, 2.24) is 25.4 Å². The highest BCUT2D eigenvalue weighted by atomic mass is 16.5. The molecule has 3 fully saturated rings. The molecule has 0 radical (unpaired) electrons. The predicted molar refractivity (Wildman–Crippen MR) is 105 cm³/mol. The van der Waals surface area contributed by atoms with Gasteiger partial charge in [-0.05, 0) is 26.2 Å². The number of ether oxygens (including phenoxy) is 1. The average Bonchev–Trinajstić information content (AvgIpc) is 3.25. The second-order valence-corrected chi connectivity index (χ2v) is 9.05. The Morgan fingerprint density at radius 2 is 1.96 bits per heavy atom. The van der Waals surface area contributed by atoms with Gasteiger partial charge >= 0.3 is 0 Å². The number of rotatable bonds is 4. The summed E-state index contributed by atoms with van der Waals surface area (Å²) in [5.41, 5.74) is 0.136. The largest absolute Gasteiger partial charge is 0.377 e. The van der Waals surface area contributed by atoms with Crippen LogP contribution in [-0.4, -0.2) is 45.5 Å². The molecule has 0 spiro atoms. The van der Waals surface area contributed by atoms with Gasteiger partial charge in [0.1, 0.15) is 12.4 Å². The van der Waals surface area contributed by atoms with E-state index in [4.69, 9.17) is 9.73 Å². The average molecular weight is 375 g/mol. The molecule has 7 heteroatoms. The summed E-state index contributed by atoms with van der Waals surface area (Å²) >= 11 is 0. The first-order valence-corrected chi connectivity index (χ1v) is 10.5. The van der Waals surface area contributed by atoms with Crippen LogP contribution in [0.4, 0.5) is 0 Å². The van der Waals surface area contributed by atoms with Crippen LogP contribution in [0.5, 0.6) is 0 Å². The molecule has 3 unspecified atom stereocenters. The fourth-order valence-electron chi connectivity index (χ4n) is 5.08. The van der Waals surface area contributed by atoms with E-state index in [1.54, 1.807) is 0 Å². The first-order chi connectivity index (χ1) is 13.0. The van der Waals surface area contributed by atoms with Gasteiger partial charge in [0, 0.05) is 37.1 Å². The maximum absolute atomic E-state index is 5.95. The summed E-state index contributed by atoms with van der Waals surface area (Å²) in [7, 11) is 2.00. The lowest BCUT2D eigenvalue weighted by Crippen LogP contribution is -2.68. The van der Waals surface area contributed by atoms with Crippen molar-refractivity contribution in [2.24, 2.45) is 23.4 Å². The zero-order chi connectivity index (χ0) is 19.0. The summed E-state index contributed by atoms with van der Waals surface area (Å²) in [6, 6.07) is 0.922. The Balaban J connectivity index is 1.48. The lowest BCUT2D eigenvalue weighted by Gasteiger charge is -2.55. The predicted octanol–water partition coefficient (Wildman–Crippen LogP) is 2.30. The maximum Gasteiger partial charge on any atom is 0.192 e. The molecule has 1 aromatic rings. The van der Waals surface area contributed by atoms with E-state index in [0.717, 1.165) is 30.6 Å². The molecular formula is C20H34N6O. The van der Waals surface area contributed by atoms with Crippen LogP contribution in [-0.2, 0) is 18.3 Å². The van der Waals surface area contributed by atoms with Gasteiger partial charge in [-0.1, -0.05) is 33.1 Å². The molecule has 27 heavy (non-hydrogen) atoms. The standard InChI is InChI=1S/C20H34N6O/c1-13-24-25-16(26(13)4)12-21-19(22-14-8-6-5-7-9-14)23-17-15-10-11-27-18(15)20(17,2)3/h14-15,17-18H,5-12H2,1-4H3,(H2,21,22,23). The van der Waals surface area contributed by atoms with Gasteiger partial charge in [-0.2, -0.15) is 0 Å². The summed E-state index contributed by atoms with van der Waals surface area (Å²) in [5, 5.41) is 15.9. The molecule has 0 aromatic carbocycles. The number of aryl methyl sites for hydroxylation is 1. The minimum Gasteiger partial charge on any atom is -0.377 e. The zero-order valence-corrected chi connectivity index (χ0v) is 17.2. The highest BCUT2D eigenvalue weighted by Crippen LogP contribution is 2.52. The van der Waals surface area contributed by atoms with Gasteiger partial charge < -0.3 is 19.9 Å². The molecule has 1 saturated heterocycles. The van der Waals surface area contributed by atoms with Crippen molar-refractivity contribution in [3.63, 3.8) is 0 Å². The van der Waals surface area contributed by atoms with Crippen LogP contribution < -0.4 is 10.6 Å². The second-order valence-electron chi connectivity index (χ2n) is 9.05. The highest BCUT2D eigenvalue weighted by molar-refractivity contribution is 5.80. The molecule has 2 N–H and O–H groups in total. The smallest absolute Gasteiger partial charge is 0.192 e. The van der Waals surface area contributed by atoms with Crippen molar-refractivity contribution >= 4 is 5.96 Å². The molecular weight excluding hydrogens is 340 g/mol. The van der Waals surface area contributed by atoms with Crippen molar-refractivity contribution in [3.8, 4) is 0 Å². The normalized spacial score (nSPS) is 30.7. The van der Waals surface area contributed by atoms with E-state index < -0.39 is 0 Å². The van der Waals surface area contributed by atoms with Gasteiger partial charge in [0.05, 0.1) is 6.10 Å². The first-order valence-electron chi connectivity index (χ1n) is 10.5. The summed E-state index contributed by atoms with van der Waals surface area (Å²) < 4.78 is 7.96. The number of nitrogens with one attached hydrogen (secondary N) is 2. The lowest BCUT2D eigenvalue weighted by molar-refractivity contribution is -0.106. The minimum absolute atomic E-state index is 0.136. The number of fused-ring (bicyclic) bond motifs is 1.